The lowest BCUT2D eigenvalue weighted by Gasteiger charge is -2.06. The lowest BCUT2D eigenvalue weighted by Crippen LogP contribution is -2.04. The van der Waals surface area contributed by atoms with Crippen LogP contribution in [0.4, 0.5) is 0 Å². The molecule has 0 bridgehead atoms. The molecule has 0 amide bonds. The monoisotopic (exact) mass is 286 g/mol. The number of carbonyl (C=O) groups excluding carboxylic acids is 1. The molecule has 2 aromatic rings. The first kappa shape index (κ1) is 11.8. The fraction of sp³-hybridized carbons (Fsp3) is 0. The Morgan fingerprint density at radius 3 is 2.24 bits per heavy atom. The number of halogens is 1. The second-order valence-electron chi connectivity index (χ2n) is 3.60. The highest BCUT2D eigenvalue weighted by Crippen LogP contribution is 2.21. The number of hydrogen-bond acceptors (Lipinski definition) is 1. The van der Waals surface area contributed by atoms with E-state index in [4.69, 9.17) is 0 Å². The maximum Gasteiger partial charge on any atom is 0.194 e. The standard InChI is InChI=1S/C15H11BrO/c1-2-11-7-3-4-8-12(11)15(17)13-9-5-6-10-14(13)16/h2-10H,1H2. The van der Waals surface area contributed by atoms with E-state index in [0.29, 0.717) is 11.1 Å². The van der Waals surface area contributed by atoms with Gasteiger partial charge in [-0.2, -0.15) is 0 Å². The summed E-state index contributed by atoms with van der Waals surface area (Å²) in [7, 11) is 0. The van der Waals surface area contributed by atoms with Crippen LogP contribution in [0.15, 0.2) is 59.6 Å². The molecule has 0 N–H and O–H groups in total. The van der Waals surface area contributed by atoms with Gasteiger partial charge in [-0.15, -0.1) is 0 Å². The Morgan fingerprint density at radius 2 is 1.59 bits per heavy atom. The van der Waals surface area contributed by atoms with Crippen LogP contribution < -0.4 is 0 Å². The highest BCUT2D eigenvalue weighted by Gasteiger charge is 2.13. The molecule has 2 rings (SSSR count). The van der Waals surface area contributed by atoms with E-state index in [1.165, 1.54) is 0 Å². The SMILES string of the molecule is C=Cc1ccccc1C(=O)c1ccccc1Br. The predicted octanol–water partition coefficient (Wildman–Crippen LogP) is 4.32. The van der Waals surface area contributed by atoms with Crippen LogP contribution in [0.2, 0.25) is 0 Å². The summed E-state index contributed by atoms with van der Waals surface area (Å²) in [4.78, 5) is 12.4. The van der Waals surface area contributed by atoms with Gasteiger partial charge in [-0.05, 0) is 17.7 Å². The summed E-state index contributed by atoms with van der Waals surface area (Å²) in [5.41, 5.74) is 2.20. The molecule has 0 unspecified atom stereocenters. The lowest BCUT2D eigenvalue weighted by molar-refractivity contribution is 0.103. The second kappa shape index (κ2) is 5.11. The van der Waals surface area contributed by atoms with E-state index in [9.17, 15) is 4.79 Å². The van der Waals surface area contributed by atoms with Gasteiger partial charge in [0, 0.05) is 15.6 Å². The normalized spacial score (nSPS) is 9.94. The predicted molar refractivity (Wildman–Crippen MR) is 74.1 cm³/mol. The van der Waals surface area contributed by atoms with Gasteiger partial charge >= 0.3 is 0 Å². The summed E-state index contributed by atoms with van der Waals surface area (Å²) in [6.07, 6.45) is 1.70. The van der Waals surface area contributed by atoms with Crippen molar-refractivity contribution >= 4 is 27.8 Å². The summed E-state index contributed by atoms with van der Waals surface area (Å²) in [5.74, 6) is 0.00738. The molecule has 1 nitrogen and oxygen atoms in total. The fourth-order valence-corrected chi connectivity index (χ4v) is 2.14. The van der Waals surface area contributed by atoms with Crippen LogP contribution in [-0.4, -0.2) is 5.78 Å². The summed E-state index contributed by atoms with van der Waals surface area (Å²) in [6, 6.07) is 14.9. The second-order valence-corrected chi connectivity index (χ2v) is 4.45. The first-order valence-corrected chi connectivity index (χ1v) is 6.04. The minimum Gasteiger partial charge on any atom is -0.289 e. The summed E-state index contributed by atoms with van der Waals surface area (Å²) < 4.78 is 0.809. The molecule has 0 atom stereocenters. The number of carbonyl (C=O) groups is 1. The Morgan fingerprint density at radius 1 is 1.00 bits per heavy atom. The number of ketones is 1. The molecule has 0 heterocycles. The van der Waals surface area contributed by atoms with Crippen molar-refractivity contribution in [1.82, 2.24) is 0 Å². The number of benzene rings is 2. The van der Waals surface area contributed by atoms with Gasteiger partial charge in [-0.25, -0.2) is 0 Å². The Labute approximate surface area is 109 Å². The Hall–Kier alpha value is -1.67. The minimum absolute atomic E-state index is 0.00738. The molecule has 0 fully saturated rings. The topological polar surface area (TPSA) is 17.1 Å². The third kappa shape index (κ3) is 2.37. The van der Waals surface area contributed by atoms with Gasteiger partial charge < -0.3 is 0 Å². The highest BCUT2D eigenvalue weighted by molar-refractivity contribution is 9.10. The third-order valence-electron chi connectivity index (χ3n) is 2.54. The molecule has 0 radical (unpaired) electrons. The van der Waals surface area contributed by atoms with Crippen molar-refractivity contribution in [2.75, 3.05) is 0 Å². The molecule has 84 valence electrons. The van der Waals surface area contributed by atoms with E-state index in [2.05, 4.69) is 22.5 Å². The van der Waals surface area contributed by atoms with Crippen molar-refractivity contribution < 1.29 is 4.79 Å². The van der Waals surface area contributed by atoms with Gasteiger partial charge in [0.25, 0.3) is 0 Å². The van der Waals surface area contributed by atoms with E-state index in [0.717, 1.165) is 10.0 Å². The summed E-state index contributed by atoms with van der Waals surface area (Å²) >= 11 is 3.39. The van der Waals surface area contributed by atoms with E-state index in [1.54, 1.807) is 6.08 Å². The van der Waals surface area contributed by atoms with E-state index < -0.39 is 0 Å². The average Bonchev–Trinajstić information content (AvgIpc) is 2.38. The molecule has 0 aromatic heterocycles. The maximum atomic E-state index is 12.4. The lowest BCUT2D eigenvalue weighted by atomic mass is 9.98. The van der Waals surface area contributed by atoms with E-state index >= 15 is 0 Å². The first-order valence-electron chi connectivity index (χ1n) is 5.24. The minimum atomic E-state index is 0.00738. The molecule has 17 heavy (non-hydrogen) atoms. The maximum absolute atomic E-state index is 12.4. The van der Waals surface area contributed by atoms with Crippen molar-refractivity contribution in [3.05, 3.63) is 76.3 Å². The van der Waals surface area contributed by atoms with Gasteiger partial charge in [0.15, 0.2) is 5.78 Å². The highest BCUT2D eigenvalue weighted by atomic mass is 79.9. The van der Waals surface area contributed by atoms with Crippen molar-refractivity contribution in [2.24, 2.45) is 0 Å². The number of hydrogen-bond donors (Lipinski definition) is 0. The van der Waals surface area contributed by atoms with Crippen LogP contribution in [0, 0.1) is 0 Å². The van der Waals surface area contributed by atoms with Crippen molar-refractivity contribution in [3.63, 3.8) is 0 Å². The summed E-state index contributed by atoms with van der Waals surface area (Å²) in [6.45, 7) is 3.73. The van der Waals surface area contributed by atoms with Gasteiger partial charge in [-0.1, -0.05) is 65.0 Å². The molecular formula is C15H11BrO. The zero-order chi connectivity index (χ0) is 12.3. The van der Waals surface area contributed by atoms with Gasteiger partial charge in [0.1, 0.15) is 0 Å². The van der Waals surface area contributed by atoms with Crippen LogP contribution in [-0.2, 0) is 0 Å². The number of rotatable bonds is 3. The average molecular weight is 287 g/mol. The molecule has 0 aliphatic rings. The van der Waals surface area contributed by atoms with Crippen molar-refractivity contribution in [1.29, 1.82) is 0 Å². The molecular weight excluding hydrogens is 276 g/mol. The molecule has 0 saturated heterocycles. The van der Waals surface area contributed by atoms with E-state index in [-0.39, 0.29) is 5.78 Å². The zero-order valence-corrected chi connectivity index (χ0v) is 10.8. The van der Waals surface area contributed by atoms with Crippen LogP contribution in [0.1, 0.15) is 21.5 Å². The zero-order valence-electron chi connectivity index (χ0n) is 9.19. The molecule has 0 saturated carbocycles. The molecule has 2 heteroatoms. The molecule has 0 aliphatic carbocycles. The molecule has 2 aromatic carbocycles. The Kier molecular flexibility index (Phi) is 3.55. The van der Waals surface area contributed by atoms with E-state index in [1.807, 2.05) is 48.5 Å². The Balaban J connectivity index is 2.51. The van der Waals surface area contributed by atoms with Gasteiger partial charge in [0.2, 0.25) is 0 Å². The molecule has 0 aliphatic heterocycles. The Bertz CT molecular complexity index is 573. The van der Waals surface area contributed by atoms with Gasteiger partial charge in [0.05, 0.1) is 0 Å². The largest absolute Gasteiger partial charge is 0.289 e. The van der Waals surface area contributed by atoms with Crippen LogP contribution in [0.3, 0.4) is 0 Å². The van der Waals surface area contributed by atoms with Crippen LogP contribution in [0.25, 0.3) is 6.08 Å². The molecule has 0 spiro atoms. The van der Waals surface area contributed by atoms with Crippen molar-refractivity contribution in [3.8, 4) is 0 Å². The third-order valence-corrected chi connectivity index (χ3v) is 3.24. The van der Waals surface area contributed by atoms with Gasteiger partial charge in [-0.3, -0.25) is 4.79 Å². The van der Waals surface area contributed by atoms with Crippen LogP contribution >= 0.6 is 15.9 Å². The van der Waals surface area contributed by atoms with Crippen molar-refractivity contribution in [2.45, 2.75) is 0 Å². The first-order chi connectivity index (χ1) is 8.24. The van der Waals surface area contributed by atoms with Crippen LogP contribution in [0.5, 0.6) is 0 Å². The smallest absolute Gasteiger partial charge is 0.194 e. The quantitative estimate of drug-likeness (QED) is 0.768. The summed E-state index contributed by atoms with van der Waals surface area (Å²) in [5, 5.41) is 0. The fourth-order valence-electron chi connectivity index (χ4n) is 1.67.